The van der Waals surface area contributed by atoms with E-state index >= 15 is 0 Å². The van der Waals surface area contributed by atoms with Crippen LogP contribution in [0.15, 0.2) is 24.3 Å². The van der Waals surface area contributed by atoms with Gasteiger partial charge in [0.05, 0.1) is 6.42 Å². The number of nitrogens with one attached hydrogen (secondary N) is 1. The molecule has 1 unspecified atom stereocenters. The topological polar surface area (TPSA) is 58.4 Å². The number of carbonyl (C=O) groups excluding carboxylic acids is 1. The monoisotopic (exact) mass is 349 g/mol. The van der Waals surface area contributed by atoms with E-state index in [1.165, 1.54) is 0 Å². The summed E-state index contributed by atoms with van der Waals surface area (Å²) in [5, 5.41) is 3.13. The lowest BCUT2D eigenvalue weighted by Crippen LogP contribution is -2.43. The molecule has 0 aliphatic heterocycles. The van der Waals surface area contributed by atoms with Crippen molar-refractivity contribution < 1.29 is 4.79 Å². The minimum Gasteiger partial charge on any atom is -0.399 e. The number of anilines is 1. The third-order valence-electron chi connectivity index (χ3n) is 3.05. The molecule has 0 saturated carbocycles. The molecule has 4 nitrogen and oxygen atoms in total. The number of amides is 1. The minimum absolute atomic E-state index is 0. The second-order valence-electron chi connectivity index (χ2n) is 6.07. The number of rotatable bonds is 7. The highest BCUT2D eigenvalue weighted by Crippen LogP contribution is 2.08. The van der Waals surface area contributed by atoms with Gasteiger partial charge >= 0.3 is 0 Å². The first-order chi connectivity index (χ1) is 9.36. The molecular formula is C16H29Cl2N3O. The van der Waals surface area contributed by atoms with E-state index in [-0.39, 0.29) is 36.8 Å². The molecule has 1 aromatic carbocycles. The molecule has 1 rings (SSSR count). The minimum atomic E-state index is 0. The Bertz CT molecular complexity index is 412. The van der Waals surface area contributed by atoms with Crippen LogP contribution in [0.5, 0.6) is 0 Å². The third-order valence-corrected chi connectivity index (χ3v) is 3.05. The Hall–Kier alpha value is -0.970. The quantitative estimate of drug-likeness (QED) is 0.744. The average Bonchev–Trinajstić information content (AvgIpc) is 2.30. The van der Waals surface area contributed by atoms with Gasteiger partial charge in [0.15, 0.2) is 0 Å². The van der Waals surface area contributed by atoms with Crippen molar-refractivity contribution in [3.05, 3.63) is 29.8 Å². The molecule has 0 heterocycles. The molecule has 0 bridgehead atoms. The molecule has 0 aliphatic carbocycles. The van der Waals surface area contributed by atoms with Crippen LogP contribution in [-0.4, -0.2) is 37.5 Å². The van der Waals surface area contributed by atoms with Crippen LogP contribution in [0.3, 0.4) is 0 Å². The van der Waals surface area contributed by atoms with Gasteiger partial charge in [-0.1, -0.05) is 26.0 Å². The lowest BCUT2D eigenvalue weighted by molar-refractivity contribution is -0.121. The van der Waals surface area contributed by atoms with Gasteiger partial charge in [0, 0.05) is 18.3 Å². The van der Waals surface area contributed by atoms with Crippen molar-refractivity contribution in [1.29, 1.82) is 0 Å². The molecule has 0 radical (unpaired) electrons. The summed E-state index contributed by atoms with van der Waals surface area (Å²) in [6.45, 7) is 5.22. The smallest absolute Gasteiger partial charge is 0.224 e. The number of carbonyl (C=O) groups is 1. The zero-order valence-electron chi connectivity index (χ0n) is 13.8. The highest BCUT2D eigenvalue weighted by Gasteiger charge is 2.15. The van der Waals surface area contributed by atoms with Crippen molar-refractivity contribution in [2.75, 3.05) is 26.4 Å². The lowest BCUT2D eigenvalue weighted by atomic mass is 10.0. The number of hydrogen-bond acceptors (Lipinski definition) is 3. The van der Waals surface area contributed by atoms with Gasteiger partial charge in [-0.2, -0.15) is 0 Å². The van der Waals surface area contributed by atoms with Crippen molar-refractivity contribution in [2.45, 2.75) is 32.7 Å². The van der Waals surface area contributed by atoms with Crippen LogP contribution >= 0.6 is 24.8 Å². The first-order valence-electron chi connectivity index (χ1n) is 7.15. The molecule has 1 atom stereocenters. The van der Waals surface area contributed by atoms with Crippen LogP contribution in [0.2, 0.25) is 0 Å². The van der Waals surface area contributed by atoms with Gasteiger partial charge < -0.3 is 16.0 Å². The highest BCUT2D eigenvalue weighted by molar-refractivity contribution is 5.85. The standard InChI is InChI=1S/C16H27N3O.2ClH/c1-12(2)9-15(11-19(3)4)18-16(20)10-13-5-7-14(17)8-6-13;;/h5-8,12,15H,9-11,17H2,1-4H3,(H,18,20);2*1H. The van der Waals surface area contributed by atoms with Crippen molar-refractivity contribution in [3.8, 4) is 0 Å². The first-order valence-corrected chi connectivity index (χ1v) is 7.15. The predicted molar refractivity (Wildman–Crippen MR) is 99.0 cm³/mol. The second-order valence-corrected chi connectivity index (χ2v) is 6.07. The van der Waals surface area contributed by atoms with Gasteiger partial charge in [-0.3, -0.25) is 4.79 Å². The van der Waals surface area contributed by atoms with E-state index in [9.17, 15) is 4.79 Å². The van der Waals surface area contributed by atoms with Gasteiger partial charge in [-0.05, 0) is 44.1 Å². The van der Waals surface area contributed by atoms with Gasteiger partial charge in [0.2, 0.25) is 5.91 Å². The average molecular weight is 350 g/mol. The number of halogens is 2. The molecule has 1 aromatic rings. The summed E-state index contributed by atoms with van der Waals surface area (Å²) in [5.74, 6) is 0.638. The number of likely N-dealkylation sites (N-methyl/N-ethyl adjacent to an activating group) is 1. The Morgan fingerprint density at radius 1 is 1.18 bits per heavy atom. The fourth-order valence-electron chi connectivity index (χ4n) is 2.29. The van der Waals surface area contributed by atoms with Crippen molar-refractivity contribution in [3.63, 3.8) is 0 Å². The van der Waals surface area contributed by atoms with Gasteiger partial charge in [-0.25, -0.2) is 0 Å². The largest absolute Gasteiger partial charge is 0.399 e. The lowest BCUT2D eigenvalue weighted by Gasteiger charge is -2.24. The fraction of sp³-hybridized carbons (Fsp3) is 0.562. The van der Waals surface area contributed by atoms with Crippen LogP contribution in [0, 0.1) is 5.92 Å². The molecular weight excluding hydrogens is 321 g/mol. The van der Waals surface area contributed by atoms with Crippen LogP contribution in [0.4, 0.5) is 5.69 Å². The Balaban J connectivity index is 0. The molecule has 0 aliphatic rings. The Labute approximate surface area is 146 Å². The second kappa shape index (κ2) is 11.6. The van der Waals surface area contributed by atoms with Gasteiger partial charge in [0.1, 0.15) is 0 Å². The van der Waals surface area contributed by atoms with E-state index in [0.29, 0.717) is 12.3 Å². The molecule has 128 valence electrons. The van der Waals surface area contributed by atoms with Crippen LogP contribution < -0.4 is 11.1 Å². The normalized spacial score (nSPS) is 11.5. The van der Waals surface area contributed by atoms with E-state index in [1.54, 1.807) is 0 Å². The third kappa shape index (κ3) is 9.87. The highest BCUT2D eigenvalue weighted by atomic mass is 35.5. The van der Waals surface area contributed by atoms with Crippen molar-refractivity contribution >= 4 is 36.4 Å². The van der Waals surface area contributed by atoms with Crippen LogP contribution in [0.25, 0.3) is 0 Å². The number of nitrogen functional groups attached to an aromatic ring is 1. The van der Waals surface area contributed by atoms with E-state index in [1.807, 2.05) is 38.4 Å². The maximum Gasteiger partial charge on any atom is 0.224 e. The summed E-state index contributed by atoms with van der Waals surface area (Å²) < 4.78 is 0. The summed E-state index contributed by atoms with van der Waals surface area (Å²) in [7, 11) is 4.05. The molecule has 1 amide bonds. The molecule has 0 saturated heterocycles. The molecule has 6 heteroatoms. The maximum atomic E-state index is 12.1. The zero-order valence-corrected chi connectivity index (χ0v) is 15.5. The number of hydrogen-bond donors (Lipinski definition) is 2. The van der Waals surface area contributed by atoms with E-state index in [2.05, 4.69) is 24.1 Å². The number of nitrogens with zero attached hydrogens (tertiary/aromatic N) is 1. The SMILES string of the molecule is CC(C)CC(CN(C)C)NC(=O)Cc1ccc(N)cc1.Cl.Cl. The predicted octanol–water partition coefficient (Wildman–Crippen LogP) is 2.75. The molecule has 3 N–H and O–H groups in total. The Morgan fingerprint density at radius 3 is 2.18 bits per heavy atom. The first kappa shape index (κ1) is 23.3. The van der Waals surface area contributed by atoms with Crippen molar-refractivity contribution in [1.82, 2.24) is 10.2 Å². The molecule has 0 spiro atoms. The Kier molecular flexibility index (Phi) is 12.3. The zero-order chi connectivity index (χ0) is 15.1. The number of benzene rings is 1. The Morgan fingerprint density at radius 2 is 1.73 bits per heavy atom. The van der Waals surface area contributed by atoms with Gasteiger partial charge in [0.25, 0.3) is 0 Å². The molecule has 0 aromatic heterocycles. The van der Waals surface area contributed by atoms with Crippen LogP contribution in [0.1, 0.15) is 25.8 Å². The molecule has 0 fully saturated rings. The summed E-state index contributed by atoms with van der Waals surface area (Å²) >= 11 is 0. The maximum absolute atomic E-state index is 12.1. The molecule has 22 heavy (non-hydrogen) atoms. The van der Waals surface area contributed by atoms with Crippen molar-refractivity contribution in [2.24, 2.45) is 5.92 Å². The summed E-state index contributed by atoms with van der Waals surface area (Å²) in [6.07, 6.45) is 1.40. The number of nitrogens with two attached hydrogens (primary N) is 1. The fourth-order valence-corrected chi connectivity index (χ4v) is 2.29. The van der Waals surface area contributed by atoms with E-state index in [0.717, 1.165) is 24.2 Å². The summed E-state index contributed by atoms with van der Waals surface area (Å²) in [4.78, 5) is 14.2. The van der Waals surface area contributed by atoms with Gasteiger partial charge in [-0.15, -0.1) is 24.8 Å². The summed E-state index contributed by atoms with van der Waals surface area (Å²) in [6, 6.07) is 7.66. The van der Waals surface area contributed by atoms with E-state index in [4.69, 9.17) is 5.73 Å². The summed E-state index contributed by atoms with van der Waals surface area (Å²) in [5.41, 5.74) is 7.35. The van der Waals surface area contributed by atoms with E-state index < -0.39 is 0 Å². The van der Waals surface area contributed by atoms with Crippen LogP contribution in [-0.2, 0) is 11.2 Å².